The van der Waals surface area contributed by atoms with Crippen molar-refractivity contribution in [2.45, 2.75) is 81.8 Å². The molecule has 0 aliphatic carbocycles. The van der Waals surface area contributed by atoms with Gasteiger partial charge in [-0.1, -0.05) is 41.5 Å². The second kappa shape index (κ2) is 14.5. The minimum absolute atomic E-state index is 0.0796. The Morgan fingerprint density at radius 2 is 0.971 bits per heavy atom. The number of carbonyl (C=O) groups is 3. The molecule has 0 heterocycles. The predicted octanol–water partition coefficient (Wildman–Crippen LogP) is 4.71. The van der Waals surface area contributed by atoms with E-state index >= 15 is 0 Å². The van der Waals surface area contributed by atoms with Crippen molar-refractivity contribution in [2.75, 3.05) is 13.2 Å². The van der Waals surface area contributed by atoms with E-state index in [0.29, 0.717) is 13.2 Å². The Labute approximate surface area is 201 Å². The smallest absolute Gasteiger partial charge is 0.422 e. The maximum Gasteiger partial charge on any atom is 0.514 e. The molecular formula is C23H38O11. The van der Waals surface area contributed by atoms with Crippen LogP contribution in [0.4, 0.5) is 4.79 Å². The third kappa shape index (κ3) is 16.8. The molecule has 2 atom stereocenters. The van der Waals surface area contributed by atoms with Crippen LogP contribution in [0, 0.1) is 10.8 Å². The van der Waals surface area contributed by atoms with Crippen molar-refractivity contribution in [2.24, 2.45) is 10.8 Å². The molecule has 0 saturated heterocycles. The number of rotatable bonds is 12. The van der Waals surface area contributed by atoms with E-state index in [1.54, 1.807) is 0 Å². The molecule has 0 aliphatic rings. The summed E-state index contributed by atoms with van der Waals surface area (Å²) in [5.74, 6) is -1.60. The second-order valence-electron chi connectivity index (χ2n) is 9.87. The Bertz CT molecular complexity index is 666. The molecule has 196 valence electrons. The Kier molecular flexibility index (Phi) is 13.3. The van der Waals surface area contributed by atoms with Crippen LogP contribution >= 0.6 is 0 Å². The van der Waals surface area contributed by atoms with Crippen molar-refractivity contribution >= 4 is 18.1 Å². The van der Waals surface area contributed by atoms with Gasteiger partial charge in [-0.25, -0.2) is 14.4 Å². The monoisotopic (exact) mass is 490 g/mol. The van der Waals surface area contributed by atoms with Crippen LogP contribution in [0.2, 0.25) is 0 Å². The average molecular weight is 491 g/mol. The largest absolute Gasteiger partial charge is 0.514 e. The van der Waals surface area contributed by atoms with Crippen molar-refractivity contribution < 1.29 is 52.9 Å². The minimum atomic E-state index is -1.28. The molecule has 0 N–H and O–H groups in total. The van der Waals surface area contributed by atoms with Gasteiger partial charge in [-0.15, -0.1) is 0 Å². The fourth-order valence-electron chi connectivity index (χ4n) is 1.56. The topological polar surface area (TPSA) is 125 Å². The maximum absolute atomic E-state index is 12.0. The molecule has 0 radical (unpaired) electrons. The van der Waals surface area contributed by atoms with Crippen molar-refractivity contribution in [3.8, 4) is 0 Å². The molecule has 0 spiro atoms. The van der Waals surface area contributed by atoms with Gasteiger partial charge in [-0.3, -0.25) is 0 Å². The van der Waals surface area contributed by atoms with E-state index in [0.717, 1.165) is 12.5 Å². The molecule has 34 heavy (non-hydrogen) atoms. The molecule has 2 unspecified atom stereocenters. The zero-order valence-electron chi connectivity index (χ0n) is 21.7. The Morgan fingerprint density at radius 1 is 0.647 bits per heavy atom. The van der Waals surface area contributed by atoms with Gasteiger partial charge in [-0.05, 0) is 24.7 Å². The second-order valence-corrected chi connectivity index (χ2v) is 9.87. The zero-order valence-corrected chi connectivity index (χ0v) is 21.7. The number of esters is 2. The van der Waals surface area contributed by atoms with E-state index in [1.165, 1.54) is 27.7 Å². The number of hydrogen-bond acceptors (Lipinski definition) is 11. The van der Waals surface area contributed by atoms with Gasteiger partial charge < -0.3 is 28.7 Å². The van der Waals surface area contributed by atoms with Crippen LogP contribution in [0.3, 0.4) is 0 Å². The first-order valence-electron chi connectivity index (χ1n) is 10.7. The average Bonchev–Trinajstić information content (AvgIpc) is 2.66. The summed E-state index contributed by atoms with van der Waals surface area (Å²) < 4.78 is 19.5. The minimum Gasteiger partial charge on any atom is -0.422 e. The molecule has 0 aliphatic heterocycles. The highest BCUT2D eigenvalue weighted by atomic mass is 17.2. The van der Waals surface area contributed by atoms with Gasteiger partial charge in [0.15, 0.2) is 0 Å². The number of carbonyl (C=O) groups excluding carboxylic acids is 3. The first-order valence-corrected chi connectivity index (χ1v) is 10.7. The van der Waals surface area contributed by atoms with E-state index in [-0.39, 0.29) is 22.0 Å². The van der Waals surface area contributed by atoms with Crippen LogP contribution in [0.15, 0.2) is 23.7 Å². The van der Waals surface area contributed by atoms with Gasteiger partial charge in [0.25, 0.3) is 0 Å². The lowest BCUT2D eigenvalue weighted by molar-refractivity contribution is -0.264. The summed E-state index contributed by atoms with van der Waals surface area (Å²) in [6.07, 6.45) is -1.62. The quantitative estimate of drug-likeness (QED) is 0.0718. The molecule has 0 saturated carbocycles. The van der Waals surface area contributed by atoms with Crippen LogP contribution in [0.5, 0.6) is 0 Å². The lowest BCUT2D eigenvalue weighted by Crippen LogP contribution is -2.27. The van der Waals surface area contributed by atoms with E-state index in [2.05, 4.69) is 0 Å². The van der Waals surface area contributed by atoms with E-state index in [4.69, 9.17) is 38.5 Å². The summed E-state index contributed by atoms with van der Waals surface area (Å²) in [5.41, 5.74) is -0.0636. The van der Waals surface area contributed by atoms with Gasteiger partial charge in [0.1, 0.15) is 12.5 Å². The SMILES string of the molecule is C/C(=C\OOCC(C)(C)C)C(=O)OC(C)OC(=O)OC(C)OC(=O)/C(C)=C/OOCC(C)(C)C. The van der Waals surface area contributed by atoms with Crippen LogP contribution < -0.4 is 0 Å². The van der Waals surface area contributed by atoms with Crippen molar-refractivity contribution in [1.82, 2.24) is 0 Å². The lowest BCUT2D eigenvalue weighted by atomic mass is 9.99. The third-order valence-corrected chi connectivity index (χ3v) is 3.28. The molecule has 11 nitrogen and oxygen atoms in total. The first-order chi connectivity index (χ1) is 15.5. The normalized spacial score (nSPS) is 14.5. The Balaban J connectivity index is 4.38. The van der Waals surface area contributed by atoms with Crippen molar-refractivity contribution in [1.29, 1.82) is 0 Å². The predicted molar refractivity (Wildman–Crippen MR) is 119 cm³/mol. The fraction of sp³-hybridized carbons (Fsp3) is 0.696. The van der Waals surface area contributed by atoms with Crippen molar-refractivity contribution in [3.63, 3.8) is 0 Å². The molecule has 0 aromatic rings. The highest BCUT2D eigenvalue weighted by molar-refractivity contribution is 5.88. The van der Waals surface area contributed by atoms with Gasteiger partial charge in [0.2, 0.25) is 12.6 Å². The molecule has 0 rings (SSSR count). The third-order valence-electron chi connectivity index (χ3n) is 3.28. The summed E-state index contributed by atoms with van der Waals surface area (Å²) in [6.45, 7) is 17.8. The number of hydrogen-bond donors (Lipinski definition) is 0. The van der Waals surface area contributed by atoms with Gasteiger partial charge in [0.05, 0.1) is 24.4 Å². The van der Waals surface area contributed by atoms with E-state index < -0.39 is 30.7 Å². The summed E-state index contributed by atoms with van der Waals surface area (Å²) in [7, 11) is 0. The standard InChI is InChI=1S/C23H38O11/c1-15(11-27-29-13-22(5,6)7)19(24)31-17(3)33-21(26)34-18(4)32-20(25)16(2)12-28-30-14-23(8,9)10/h11-12,17-18H,13-14H2,1-10H3/b15-11+,16-12+. The molecular weight excluding hydrogens is 452 g/mol. The lowest BCUT2D eigenvalue weighted by Gasteiger charge is -2.17. The summed E-state index contributed by atoms with van der Waals surface area (Å²) in [5, 5.41) is 0. The fourth-order valence-corrected chi connectivity index (χ4v) is 1.56. The first kappa shape index (κ1) is 31.2. The highest BCUT2D eigenvalue weighted by Gasteiger charge is 2.21. The molecule has 0 bridgehead atoms. The highest BCUT2D eigenvalue weighted by Crippen LogP contribution is 2.14. The van der Waals surface area contributed by atoms with Crippen LogP contribution in [0.25, 0.3) is 0 Å². The van der Waals surface area contributed by atoms with E-state index in [1.807, 2.05) is 41.5 Å². The number of ether oxygens (including phenoxy) is 4. The summed E-state index contributed by atoms with van der Waals surface area (Å²) in [4.78, 5) is 55.4. The van der Waals surface area contributed by atoms with Gasteiger partial charge in [0, 0.05) is 13.8 Å². The Morgan fingerprint density at radius 3 is 1.26 bits per heavy atom. The van der Waals surface area contributed by atoms with Gasteiger partial charge >= 0.3 is 18.1 Å². The Hall–Kier alpha value is -2.79. The van der Waals surface area contributed by atoms with Crippen LogP contribution in [-0.2, 0) is 48.1 Å². The van der Waals surface area contributed by atoms with Crippen LogP contribution in [-0.4, -0.2) is 43.9 Å². The molecule has 0 aromatic heterocycles. The summed E-state index contributed by atoms with van der Waals surface area (Å²) in [6, 6.07) is 0. The maximum atomic E-state index is 12.0. The molecule has 0 fully saturated rings. The molecule has 0 aromatic carbocycles. The molecule has 0 amide bonds. The van der Waals surface area contributed by atoms with E-state index in [9.17, 15) is 14.4 Å². The van der Waals surface area contributed by atoms with Crippen molar-refractivity contribution in [3.05, 3.63) is 23.7 Å². The molecule has 11 heteroatoms. The van der Waals surface area contributed by atoms with Gasteiger partial charge in [-0.2, -0.15) is 9.78 Å². The summed E-state index contributed by atoms with van der Waals surface area (Å²) >= 11 is 0. The van der Waals surface area contributed by atoms with Crippen LogP contribution in [0.1, 0.15) is 69.2 Å². The zero-order chi connectivity index (χ0) is 26.5.